The Morgan fingerprint density at radius 2 is 1.50 bits per heavy atom. The molecule has 0 aromatic heterocycles. The molecule has 0 atom stereocenters. The number of benzene rings is 2. The number of aliphatic carboxylic acids is 1. The van der Waals surface area contributed by atoms with E-state index in [1.54, 1.807) is 24.3 Å². The molecule has 0 amide bonds. The van der Waals surface area contributed by atoms with Gasteiger partial charge in [-0.05, 0) is 23.3 Å². The molecule has 0 unspecified atom stereocenters. The SMILES string of the molecule is O=C(O)Cc1ccc(S(=O)(=O)Cc2ccccc2)cc1. The lowest BCUT2D eigenvalue weighted by molar-refractivity contribution is -0.136. The number of carboxylic acids is 1. The third-order valence-electron chi connectivity index (χ3n) is 2.84. The highest BCUT2D eigenvalue weighted by molar-refractivity contribution is 7.90. The van der Waals surface area contributed by atoms with Crippen LogP contribution < -0.4 is 0 Å². The zero-order valence-corrected chi connectivity index (χ0v) is 11.5. The van der Waals surface area contributed by atoms with Crippen LogP contribution in [0.25, 0.3) is 0 Å². The largest absolute Gasteiger partial charge is 0.481 e. The van der Waals surface area contributed by atoms with Crippen LogP contribution in [-0.4, -0.2) is 19.5 Å². The lowest BCUT2D eigenvalue weighted by Gasteiger charge is -2.05. The molecular formula is C15H14O4S. The second kappa shape index (κ2) is 5.88. The Labute approximate surface area is 117 Å². The van der Waals surface area contributed by atoms with Gasteiger partial charge in [-0.2, -0.15) is 0 Å². The molecule has 0 bridgehead atoms. The van der Waals surface area contributed by atoms with E-state index in [0.29, 0.717) is 5.56 Å². The van der Waals surface area contributed by atoms with Crippen molar-refractivity contribution < 1.29 is 18.3 Å². The van der Waals surface area contributed by atoms with Gasteiger partial charge in [0.05, 0.1) is 17.1 Å². The maximum Gasteiger partial charge on any atom is 0.307 e. The first-order chi connectivity index (χ1) is 9.47. The van der Waals surface area contributed by atoms with E-state index < -0.39 is 15.8 Å². The van der Waals surface area contributed by atoms with Crippen LogP contribution in [0, 0.1) is 0 Å². The number of carbonyl (C=O) groups is 1. The number of rotatable bonds is 5. The molecule has 0 saturated carbocycles. The molecule has 2 aromatic carbocycles. The summed E-state index contributed by atoms with van der Waals surface area (Å²) in [6.07, 6.45) is -0.112. The summed E-state index contributed by atoms with van der Waals surface area (Å²) in [4.78, 5) is 10.8. The van der Waals surface area contributed by atoms with Crippen molar-refractivity contribution >= 4 is 15.8 Å². The van der Waals surface area contributed by atoms with E-state index in [1.165, 1.54) is 24.3 Å². The van der Waals surface area contributed by atoms with Gasteiger partial charge in [-0.1, -0.05) is 42.5 Å². The highest BCUT2D eigenvalue weighted by atomic mass is 32.2. The van der Waals surface area contributed by atoms with Gasteiger partial charge in [0.25, 0.3) is 0 Å². The van der Waals surface area contributed by atoms with E-state index in [9.17, 15) is 13.2 Å². The van der Waals surface area contributed by atoms with Crippen molar-refractivity contribution in [3.8, 4) is 0 Å². The van der Waals surface area contributed by atoms with Crippen molar-refractivity contribution in [3.05, 3.63) is 65.7 Å². The summed E-state index contributed by atoms with van der Waals surface area (Å²) in [7, 11) is -3.41. The zero-order chi connectivity index (χ0) is 14.6. The third kappa shape index (κ3) is 3.68. The molecular weight excluding hydrogens is 276 g/mol. The summed E-state index contributed by atoms with van der Waals surface area (Å²) in [6, 6.07) is 14.9. The molecule has 20 heavy (non-hydrogen) atoms. The van der Waals surface area contributed by atoms with Crippen LogP contribution in [0.5, 0.6) is 0 Å². The van der Waals surface area contributed by atoms with Crippen molar-refractivity contribution in [3.63, 3.8) is 0 Å². The van der Waals surface area contributed by atoms with Crippen LogP contribution in [0.15, 0.2) is 59.5 Å². The van der Waals surface area contributed by atoms with E-state index in [2.05, 4.69) is 0 Å². The van der Waals surface area contributed by atoms with Crippen LogP contribution in [0.4, 0.5) is 0 Å². The highest BCUT2D eigenvalue weighted by Crippen LogP contribution is 2.17. The smallest absolute Gasteiger partial charge is 0.307 e. The van der Waals surface area contributed by atoms with E-state index in [-0.39, 0.29) is 17.1 Å². The minimum atomic E-state index is -3.41. The number of hydrogen-bond donors (Lipinski definition) is 1. The minimum absolute atomic E-state index is 0.0634. The fraction of sp³-hybridized carbons (Fsp3) is 0.133. The molecule has 0 saturated heterocycles. The van der Waals surface area contributed by atoms with Crippen LogP contribution in [0.3, 0.4) is 0 Å². The van der Waals surface area contributed by atoms with Crippen molar-refractivity contribution in [2.24, 2.45) is 0 Å². The molecule has 0 aliphatic carbocycles. The fourth-order valence-electron chi connectivity index (χ4n) is 1.87. The molecule has 0 aliphatic heterocycles. The average Bonchev–Trinajstić information content (AvgIpc) is 2.39. The summed E-state index contributed by atoms with van der Waals surface area (Å²) < 4.78 is 24.4. The molecule has 5 heteroatoms. The summed E-state index contributed by atoms with van der Waals surface area (Å²) in [5.74, 6) is -1.00. The van der Waals surface area contributed by atoms with Gasteiger partial charge >= 0.3 is 5.97 Å². The zero-order valence-electron chi connectivity index (χ0n) is 10.7. The first-order valence-corrected chi connectivity index (χ1v) is 7.70. The van der Waals surface area contributed by atoms with Gasteiger partial charge in [-0.25, -0.2) is 8.42 Å². The molecule has 104 valence electrons. The summed E-state index contributed by atoms with van der Waals surface area (Å²) in [5.41, 5.74) is 1.30. The third-order valence-corrected chi connectivity index (χ3v) is 4.54. The Morgan fingerprint density at radius 3 is 2.05 bits per heavy atom. The lowest BCUT2D eigenvalue weighted by Crippen LogP contribution is -2.05. The van der Waals surface area contributed by atoms with Gasteiger partial charge in [0.15, 0.2) is 9.84 Å². The van der Waals surface area contributed by atoms with Gasteiger partial charge < -0.3 is 5.11 Å². The number of hydrogen-bond acceptors (Lipinski definition) is 3. The number of carboxylic acid groups (broad SMARTS) is 1. The Kier molecular flexibility index (Phi) is 4.20. The molecule has 0 aliphatic rings. The second-order valence-electron chi connectivity index (χ2n) is 4.46. The van der Waals surface area contributed by atoms with Crippen LogP contribution in [-0.2, 0) is 26.8 Å². The van der Waals surface area contributed by atoms with Crippen molar-refractivity contribution in [2.45, 2.75) is 17.1 Å². The predicted molar refractivity (Wildman–Crippen MR) is 75.1 cm³/mol. The fourth-order valence-corrected chi connectivity index (χ4v) is 3.21. The van der Waals surface area contributed by atoms with Gasteiger partial charge in [-0.15, -0.1) is 0 Å². The van der Waals surface area contributed by atoms with Gasteiger partial charge in [-0.3, -0.25) is 4.79 Å². The summed E-state index contributed by atoms with van der Waals surface area (Å²) in [6.45, 7) is 0. The second-order valence-corrected chi connectivity index (χ2v) is 6.45. The Balaban J connectivity index is 2.19. The summed E-state index contributed by atoms with van der Waals surface area (Å²) in [5, 5.41) is 8.67. The van der Waals surface area contributed by atoms with Crippen molar-refractivity contribution in [1.29, 1.82) is 0 Å². The van der Waals surface area contributed by atoms with E-state index in [0.717, 1.165) is 5.56 Å². The number of sulfone groups is 1. The van der Waals surface area contributed by atoms with Crippen LogP contribution >= 0.6 is 0 Å². The molecule has 0 radical (unpaired) electrons. The van der Waals surface area contributed by atoms with Gasteiger partial charge in [0, 0.05) is 0 Å². The summed E-state index contributed by atoms with van der Waals surface area (Å²) >= 11 is 0. The van der Waals surface area contributed by atoms with E-state index in [1.807, 2.05) is 6.07 Å². The molecule has 2 rings (SSSR count). The maximum atomic E-state index is 12.2. The average molecular weight is 290 g/mol. The highest BCUT2D eigenvalue weighted by Gasteiger charge is 2.15. The first-order valence-electron chi connectivity index (χ1n) is 6.05. The quantitative estimate of drug-likeness (QED) is 0.917. The molecule has 2 aromatic rings. The van der Waals surface area contributed by atoms with Crippen molar-refractivity contribution in [1.82, 2.24) is 0 Å². The minimum Gasteiger partial charge on any atom is -0.481 e. The standard InChI is InChI=1S/C15H14O4S/c16-15(17)10-12-6-8-14(9-7-12)20(18,19)11-13-4-2-1-3-5-13/h1-9H,10-11H2,(H,16,17). The van der Waals surface area contributed by atoms with Gasteiger partial charge in [0.1, 0.15) is 0 Å². The maximum absolute atomic E-state index is 12.2. The Morgan fingerprint density at radius 1 is 0.900 bits per heavy atom. The normalized spacial score (nSPS) is 11.2. The van der Waals surface area contributed by atoms with Crippen LogP contribution in [0.2, 0.25) is 0 Å². The topological polar surface area (TPSA) is 71.4 Å². The Hall–Kier alpha value is -2.14. The van der Waals surface area contributed by atoms with E-state index in [4.69, 9.17) is 5.11 Å². The lowest BCUT2D eigenvalue weighted by atomic mass is 10.2. The molecule has 0 fully saturated rings. The molecule has 0 heterocycles. The van der Waals surface area contributed by atoms with E-state index >= 15 is 0 Å². The molecule has 4 nitrogen and oxygen atoms in total. The monoisotopic (exact) mass is 290 g/mol. The van der Waals surface area contributed by atoms with Gasteiger partial charge in [0.2, 0.25) is 0 Å². The first kappa shape index (κ1) is 14.3. The Bertz CT molecular complexity index is 688. The molecule has 1 N–H and O–H groups in total. The molecule has 0 spiro atoms. The van der Waals surface area contributed by atoms with Crippen molar-refractivity contribution in [2.75, 3.05) is 0 Å². The predicted octanol–water partition coefficient (Wildman–Crippen LogP) is 2.29. The van der Waals surface area contributed by atoms with Crippen LogP contribution in [0.1, 0.15) is 11.1 Å².